The van der Waals surface area contributed by atoms with E-state index in [2.05, 4.69) is 139 Å². The Hall–Kier alpha value is -7.48. The average Bonchev–Trinajstić information content (AvgIpc) is 4.01. The summed E-state index contributed by atoms with van der Waals surface area (Å²) >= 11 is 1.79. The van der Waals surface area contributed by atoms with Gasteiger partial charge in [0.25, 0.3) is 0 Å². The van der Waals surface area contributed by atoms with Gasteiger partial charge in [-0.1, -0.05) is 146 Å². The Bertz CT molecular complexity index is 3640. The summed E-state index contributed by atoms with van der Waals surface area (Å²) < 4.78 is 10.0. The highest BCUT2D eigenvalue weighted by atomic mass is 32.1. The highest BCUT2D eigenvalue weighted by Crippen LogP contribution is 2.41. The zero-order valence-corrected chi connectivity index (χ0v) is 33.4. The van der Waals surface area contributed by atoms with Crippen molar-refractivity contribution in [1.29, 1.82) is 0 Å². The Morgan fingerprint density at radius 3 is 2.15 bits per heavy atom. The van der Waals surface area contributed by atoms with Crippen LogP contribution in [0.5, 0.6) is 0 Å². The highest BCUT2D eigenvalue weighted by molar-refractivity contribution is 7.18. The van der Waals surface area contributed by atoms with Gasteiger partial charge in [-0.05, 0) is 65.3 Å². The molecule has 0 unspecified atom stereocenters. The van der Waals surface area contributed by atoms with Crippen LogP contribution >= 0.6 is 11.3 Å². The molecule has 0 bridgehead atoms. The molecule has 0 fully saturated rings. The summed E-state index contributed by atoms with van der Waals surface area (Å²) in [4.78, 5) is 21.2. The van der Waals surface area contributed by atoms with Gasteiger partial charge in [-0.3, -0.25) is 4.57 Å². The number of aromatic nitrogens is 5. The standard InChI is InChI=1S/C53H35N5OS/c1-32-14-5-7-18-35(32)37-27-28-41-38-20-9-11-24-44(38)58(49(41)40(37)29-31-47-54-48-36-19-8-6-15-33(36)26-30-46(48)60-47)53-56-51(34-16-3-2-4-17-34)55-52(57-53)43-23-13-22-42-39-21-10-12-25-45(39)59-50(42)43/h2-28,30H,29,31H2,1H3. The third-order valence-corrected chi connectivity index (χ3v) is 12.9. The minimum Gasteiger partial charge on any atom is -0.455 e. The van der Waals surface area contributed by atoms with Crippen LogP contribution in [0.25, 0.3) is 105 Å². The fourth-order valence-electron chi connectivity index (χ4n) is 8.99. The second-order valence-corrected chi connectivity index (χ2v) is 16.4. The van der Waals surface area contributed by atoms with Crippen molar-refractivity contribution in [2.75, 3.05) is 0 Å². The molecule has 0 atom stereocenters. The molecule has 12 aromatic rings. The van der Waals surface area contributed by atoms with Crippen LogP contribution in [0.2, 0.25) is 0 Å². The van der Waals surface area contributed by atoms with Crippen LogP contribution in [0.3, 0.4) is 0 Å². The van der Waals surface area contributed by atoms with Crippen molar-refractivity contribution in [3.63, 3.8) is 0 Å². The smallest absolute Gasteiger partial charge is 0.238 e. The molecular formula is C53H35N5OS. The monoisotopic (exact) mass is 789 g/mol. The molecule has 0 saturated carbocycles. The maximum Gasteiger partial charge on any atom is 0.238 e. The van der Waals surface area contributed by atoms with Gasteiger partial charge in [0.2, 0.25) is 5.95 Å². The molecule has 0 saturated heterocycles. The third kappa shape index (κ3) is 5.54. The predicted molar refractivity (Wildman–Crippen MR) is 247 cm³/mol. The zero-order valence-electron chi connectivity index (χ0n) is 32.6. The van der Waals surface area contributed by atoms with E-state index in [9.17, 15) is 0 Å². The van der Waals surface area contributed by atoms with Crippen LogP contribution in [-0.2, 0) is 12.8 Å². The number of rotatable bonds is 7. The van der Waals surface area contributed by atoms with Crippen molar-refractivity contribution in [2.24, 2.45) is 0 Å². The number of hydrogen-bond donors (Lipinski definition) is 0. The summed E-state index contributed by atoms with van der Waals surface area (Å²) in [5.41, 5.74) is 11.3. The molecular weight excluding hydrogens is 755 g/mol. The molecule has 60 heavy (non-hydrogen) atoms. The zero-order chi connectivity index (χ0) is 39.7. The number of fused-ring (bicyclic) bond motifs is 9. The molecule has 284 valence electrons. The van der Waals surface area contributed by atoms with E-state index in [1.165, 1.54) is 37.7 Å². The molecule has 0 radical (unpaired) electrons. The number of nitrogens with zero attached hydrogens (tertiary/aromatic N) is 5. The van der Waals surface area contributed by atoms with E-state index in [0.29, 0.717) is 17.6 Å². The minimum atomic E-state index is 0.549. The van der Waals surface area contributed by atoms with Gasteiger partial charge in [-0.2, -0.15) is 9.97 Å². The second-order valence-electron chi connectivity index (χ2n) is 15.3. The van der Waals surface area contributed by atoms with Crippen LogP contribution in [0.15, 0.2) is 174 Å². The summed E-state index contributed by atoms with van der Waals surface area (Å²) in [6, 6.07) is 59.3. The van der Waals surface area contributed by atoms with Crippen LogP contribution < -0.4 is 0 Å². The Balaban J connectivity index is 1.12. The molecule has 8 aromatic carbocycles. The summed E-state index contributed by atoms with van der Waals surface area (Å²) in [5.74, 6) is 1.69. The summed E-state index contributed by atoms with van der Waals surface area (Å²) in [7, 11) is 0. The fourth-order valence-corrected chi connectivity index (χ4v) is 9.97. The van der Waals surface area contributed by atoms with Crippen molar-refractivity contribution < 1.29 is 4.42 Å². The SMILES string of the molecule is Cc1ccccc1-c1ccc2c3ccccc3n(-c3nc(-c4ccccc4)nc(-c4cccc5c4oc4ccccc45)n3)c2c1CCc1nc2c(ccc3ccccc32)s1. The van der Waals surface area contributed by atoms with Crippen molar-refractivity contribution in [2.45, 2.75) is 19.8 Å². The van der Waals surface area contributed by atoms with E-state index in [1.807, 2.05) is 42.5 Å². The Kier molecular flexibility index (Phi) is 7.96. The van der Waals surface area contributed by atoms with Gasteiger partial charge in [0.05, 0.1) is 31.8 Å². The van der Waals surface area contributed by atoms with Crippen molar-refractivity contribution >= 4 is 76.1 Å². The van der Waals surface area contributed by atoms with Gasteiger partial charge in [0.1, 0.15) is 11.2 Å². The number of hydrogen-bond acceptors (Lipinski definition) is 6. The van der Waals surface area contributed by atoms with Gasteiger partial charge >= 0.3 is 0 Å². The quantitative estimate of drug-likeness (QED) is 0.161. The van der Waals surface area contributed by atoms with Crippen molar-refractivity contribution in [3.8, 4) is 39.9 Å². The van der Waals surface area contributed by atoms with E-state index in [1.54, 1.807) is 11.3 Å². The fraction of sp³-hybridized carbons (Fsp3) is 0.0566. The molecule has 6 nitrogen and oxygen atoms in total. The van der Waals surface area contributed by atoms with Crippen LogP contribution in [-0.4, -0.2) is 24.5 Å². The molecule has 4 heterocycles. The number of furan rings is 1. The molecule has 4 aromatic heterocycles. The molecule has 0 aliphatic carbocycles. The summed E-state index contributed by atoms with van der Waals surface area (Å²) in [6.45, 7) is 2.20. The summed E-state index contributed by atoms with van der Waals surface area (Å²) in [6.07, 6.45) is 1.54. The molecule has 12 rings (SSSR count). The van der Waals surface area contributed by atoms with Crippen molar-refractivity contribution in [3.05, 3.63) is 186 Å². The maximum atomic E-state index is 6.56. The number of thiazole rings is 1. The van der Waals surface area contributed by atoms with E-state index < -0.39 is 0 Å². The lowest BCUT2D eigenvalue weighted by Gasteiger charge is -2.17. The van der Waals surface area contributed by atoms with E-state index >= 15 is 0 Å². The van der Waals surface area contributed by atoms with Crippen LogP contribution in [0.1, 0.15) is 16.1 Å². The lowest BCUT2D eigenvalue weighted by Crippen LogP contribution is -2.08. The lowest BCUT2D eigenvalue weighted by atomic mass is 9.91. The van der Waals surface area contributed by atoms with Gasteiger partial charge in [-0.15, -0.1) is 11.3 Å². The molecule has 0 N–H and O–H groups in total. The first-order valence-electron chi connectivity index (χ1n) is 20.3. The number of para-hydroxylation sites is 3. The molecule has 0 aliphatic heterocycles. The second kappa shape index (κ2) is 13.8. The first-order valence-corrected chi connectivity index (χ1v) is 21.1. The largest absolute Gasteiger partial charge is 0.455 e. The maximum absolute atomic E-state index is 6.56. The van der Waals surface area contributed by atoms with E-state index in [4.69, 9.17) is 24.4 Å². The molecule has 7 heteroatoms. The Morgan fingerprint density at radius 1 is 0.517 bits per heavy atom. The average molecular weight is 790 g/mol. The minimum absolute atomic E-state index is 0.549. The van der Waals surface area contributed by atoms with Crippen LogP contribution in [0.4, 0.5) is 0 Å². The molecule has 0 aliphatic rings. The number of aryl methyl sites for hydroxylation is 3. The van der Waals surface area contributed by atoms with Crippen LogP contribution in [0, 0.1) is 6.92 Å². The van der Waals surface area contributed by atoms with E-state index in [0.717, 1.165) is 78.2 Å². The van der Waals surface area contributed by atoms with Gasteiger partial charge in [0, 0.05) is 38.9 Å². The summed E-state index contributed by atoms with van der Waals surface area (Å²) in [5, 5.41) is 7.89. The third-order valence-electron chi connectivity index (χ3n) is 11.8. The van der Waals surface area contributed by atoms with Gasteiger partial charge in [0.15, 0.2) is 11.6 Å². The topological polar surface area (TPSA) is 69.6 Å². The Labute approximate surface area is 349 Å². The Morgan fingerprint density at radius 2 is 1.25 bits per heavy atom. The van der Waals surface area contributed by atoms with E-state index in [-0.39, 0.29) is 0 Å². The number of benzene rings is 8. The normalized spacial score (nSPS) is 11.9. The van der Waals surface area contributed by atoms with Gasteiger partial charge < -0.3 is 4.42 Å². The van der Waals surface area contributed by atoms with Gasteiger partial charge in [-0.25, -0.2) is 9.97 Å². The first kappa shape index (κ1) is 34.6. The first-order chi connectivity index (χ1) is 29.7. The van der Waals surface area contributed by atoms with Crippen molar-refractivity contribution in [1.82, 2.24) is 24.5 Å². The lowest BCUT2D eigenvalue weighted by molar-refractivity contribution is 0.669. The molecule has 0 spiro atoms. The highest BCUT2D eigenvalue weighted by Gasteiger charge is 2.24. The predicted octanol–water partition coefficient (Wildman–Crippen LogP) is 13.7. The molecule has 0 amide bonds.